The van der Waals surface area contributed by atoms with Crippen LogP contribution in [0.25, 0.3) is 0 Å². The first-order valence-corrected chi connectivity index (χ1v) is 7.96. The molecule has 0 N–H and O–H groups in total. The van der Waals surface area contributed by atoms with E-state index in [0.29, 0.717) is 25.7 Å². The minimum absolute atomic E-state index is 0.0896. The Labute approximate surface area is 129 Å². The lowest BCUT2D eigenvalue weighted by Crippen LogP contribution is -2.24. The normalized spacial score (nSPS) is 20.9. The van der Waals surface area contributed by atoms with Crippen LogP contribution >= 0.6 is 0 Å². The average molecular weight is 294 g/mol. The van der Waals surface area contributed by atoms with Gasteiger partial charge in [0.1, 0.15) is 0 Å². The van der Waals surface area contributed by atoms with Crippen LogP contribution in [0.2, 0.25) is 0 Å². The molecule has 21 heavy (non-hydrogen) atoms. The van der Waals surface area contributed by atoms with E-state index < -0.39 is 0 Å². The highest BCUT2D eigenvalue weighted by Crippen LogP contribution is 2.17. The maximum Gasteiger partial charge on any atom is 0.0781 e. The highest BCUT2D eigenvalue weighted by Gasteiger charge is 2.08. The Bertz CT molecular complexity index is 346. The fourth-order valence-electron chi connectivity index (χ4n) is 2.02. The van der Waals surface area contributed by atoms with E-state index in [-0.39, 0.29) is 12.2 Å². The van der Waals surface area contributed by atoms with Crippen molar-refractivity contribution in [3.05, 3.63) is 36.5 Å². The third kappa shape index (κ3) is 8.20. The summed E-state index contributed by atoms with van der Waals surface area (Å²) in [6.45, 7) is 12.7. The van der Waals surface area contributed by atoms with Crippen molar-refractivity contribution in [3.63, 3.8) is 0 Å². The zero-order chi connectivity index (χ0) is 15.5. The van der Waals surface area contributed by atoms with Crippen molar-refractivity contribution in [3.8, 4) is 0 Å². The minimum Gasteiger partial charge on any atom is -0.376 e. The Balaban J connectivity index is 2.08. The van der Waals surface area contributed by atoms with E-state index in [2.05, 4.69) is 31.7 Å². The summed E-state index contributed by atoms with van der Waals surface area (Å²) in [6.07, 6.45) is 10.8. The summed E-state index contributed by atoms with van der Waals surface area (Å²) in [6, 6.07) is 0. The second-order valence-electron chi connectivity index (χ2n) is 5.61. The van der Waals surface area contributed by atoms with Gasteiger partial charge in [0.15, 0.2) is 0 Å². The van der Waals surface area contributed by atoms with Gasteiger partial charge in [0.05, 0.1) is 32.0 Å². The van der Waals surface area contributed by atoms with Crippen LogP contribution in [0.4, 0.5) is 0 Å². The monoisotopic (exact) mass is 294 g/mol. The number of hydrogen-bond acceptors (Lipinski definition) is 3. The minimum atomic E-state index is 0.0896. The maximum absolute atomic E-state index is 5.72. The smallest absolute Gasteiger partial charge is 0.0781 e. The zero-order valence-corrected chi connectivity index (χ0v) is 13.7. The second kappa shape index (κ2) is 10.8. The van der Waals surface area contributed by atoms with Gasteiger partial charge in [-0.2, -0.15) is 0 Å². The number of hydrogen-bond donors (Lipinski definition) is 0. The molecule has 1 aliphatic rings. The zero-order valence-electron chi connectivity index (χ0n) is 13.7. The van der Waals surface area contributed by atoms with E-state index >= 15 is 0 Å². The average Bonchev–Trinajstić information content (AvgIpc) is 2.51. The van der Waals surface area contributed by atoms with E-state index in [4.69, 9.17) is 14.2 Å². The van der Waals surface area contributed by atoms with Crippen LogP contribution in [0.1, 0.15) is 33.6 Å². The summed E-state index contributed by atoms with van der Waals surface area (Å²) < 4.78 is 17.0. The van der Waals surface area contributed by atoms with Gasteiger partial charge in [0, 0.05) is 6.61 Å². The Morgan fingerprint density at radius 2 is 2.05 bits per heavy atom. The molecule has 3 heteroatoms. The van der Waals surface area contributed by atoms with Gasteiger partial charge < -0.3 is 14.2 Å². The van der Waals surface area contributed by atoms with Crippen molar-refractivity contribution < 1.29 is 14.2 Å². The topological polar surface area (TPSA) is 27.7 Å². The van der Waals surface area contributed by atoms with Crippen molar-refractivity contribution >= 4 is 0 Å². The van der Waals surface area contributed by atoms with Crippen molar-refractivity contribution in [2.45, 2.75) is 45.8 Å². The van der Waals surface area contributed by atoms with Crippen molar-refractivity contribution in [1.29, 1.82) is 0 Å². The molecule has 0 aromatic carbocycles. The van der Waals surface area contributed by atoms with Crippen molar-refractivity contribution in [2.24, 2.45) is 5.92 Å². The fourth-order valence-corrected chi connectivity index (χ4v) is 2.02. The van der Waals surface area contributed by atoms with Gasteiger partial charge in [-0.3, -0.25) is 0 Å². The molecule has 3 atom stereocenters. The van der Waals surface area contributed by atoms with Gasteiger partial charge in [-0.15, -0.1) is 6.58 Å². The molecule has 0 aromatic heterocycles. The van der Waals surface area contributed by atoms with Gasteiger partial charge >= 0.3 is 0 Å². The third-order valence-electron chi connectivity index (χ3n) is 3.36. The van der Waals surface area contributed by atoms with E-state index in [0.717, 1.165) is 19.4 Å². The Hall–Kier alpha value is -0.900. The van der Waals surface area contributed by atoms with Crippen LogP contribution in [0.5, 0.6) is 0 Å². The summed E-state index contributed by atoms with van der Waals surface area (Å²) in [5.41, 5.74) is 1.24. The highest BCUT2D eigenvalue weighted by molar-refractivity contribution is 5.25. The van der Waals surface area contributed by atoms with Gasteiger partial charge in [0.2, 0.25) is 0 Å². The van der Waals surface area contributed by atoms with Gasteiger partial charge in [-0.25, -0.2) is 0 Å². The van der Waals surface area contributed by atoms with Crippen molar-refractivity contribution in [2.75, 3.05) is 26.4 Å². The summed E-state index contributed by atoms with van der Waals surface area (Å²) in [5, 5.41) is 0. The lowest BCUT2D eigenvalue weighted by Gasteiger charge is -2.18. The predicted octanol–water partition coefficient (Wildman–Crippen LogP) is 3.91. The molecular formula is C18H30O3. The standard InChI is InChI=1S/C18H30O3/c1-5-11-20-16(4)13-21-15(3)12-19-14-18-9-7-17(6-2)8-10-18/h6-7,9-10,15-17H,2,5,8,11-14H2,1,3-4H3. The molecule has 0 spiro atoms. The van der Waals surface area contributed by atoms with Gasteiger partial charge in [-0.1, -0.05) is 31.2 Å². The molecule has 3 unspecified atom stereocenters. The van der Waals surface area contributed by atoms with Crippen LogP contribution in [0.15, 0.2) is 36.5 Å². The fraction of sp³-hybridized carbons (Fsp3) is 0.667. The summed E-state index contributed by atoms with van der Waals surface area (Å²) in [5.74, 6) is 0.473. The van der Waals surface area contributed by atoms with E-state index in [1.165, 1.54) is 5.57 Å². The molecule has 0 aliphatic heterocycles. The molecule has 0 heterocycles. The van der Waals surface area contributed by atoms with E-state index in [9.17, 15) is 0 Å². The van der Waals surface area contributed by atoms with Crippen LogP contribution < -0.4 is 0 Å². The van der Waals surface area contributed by atoms with Crippen LogP contribution in [0.3, 0.4) is 0 Å². The van der Waals surface area contributed by atoms with E-state index in [1.807, 2.05) is 19.9 Å². The quantitative estimate of drug-likeness (QED) is 0.541. The van der Waals surface area contributed by atoms with E-state index in [1.54, 1.807) is 0 Å². The number of ether oxygens (including phenoxy) is 3. The first-order valence-electron chi connectivity index (χ1n) is 7.96. The van der Waals surface area contributed by atoms with Crippen LogP contribution in [-0.2, 0) is 14.2 Å². The molecule has 0 saturated heterocycles. The van der Waals surface area contributed by atoms with Crippen LogP contribution in [0, 0.1) is 5.92 Å². The molecule has 0 radical (unpaired) electrons. The lowest BCUT2D eigenvalue weighted by molar-refractivity contribution is -0.0544. The molecule has 1 rings (SSSR count). The van der Waals surface area contributed by atoms with Crippen molar-refractivity contribution in [1.82, 2.24) is 0 Å². The lowest BCUT2D eigenvalue weighted by atomic mass is 9.97. The van der Waals surface area contributed by atoms with Crippen LogP contribution in [-0.4, -0.2) is 38.6 Å². The maximum atomic E-state index is 5.72. The molecule has 0 fully saturated rings. The highest BCUT2D eigenvalue weighted by atomic mass is 16.6. The van der Waals surface area contributed by atoms with Gasteiger partial charge in [-0.05, 0) is 38.2 Å². The SMILES string of the molecule is C=CC1C=CC(COCC(C)OCC(C)OCCC)=CC1. The molecule has 0 bridgehead atoms. The summed E-state index contributed by atoms with van der Waals surface area (Å²) in [4.78, 5) is 0. The molecule has 0 saturated carbocycles. The Morgan fingerprint density at radius 3 is 2.67 bits per heavy atom. The Kier molecular flexibility index (Phi) is 9.31. The Morgan fingerprint density at radius 1 is 1.29 bits per heavy atom. The molecule has 0 aromatic rings. The third-order valence-corrected chi connectivity index (χ3v) is 3.36. The molecular weight excluding hydrogens is 264 g/mol. The summed E-state index contributed by atoms with van der Waals surface area (Å²) >= 11 is 0. The number of rotatable bonds is 11. The van der Waals surface area contributed by atoms with Gasteiger partial charge in [0.25, 0.3) is 0 Å². The first kappa shape index (κ1) is 18.1. The molecule has 3 nitrogen and oxygen atoms in total. The predicted molar refractivity (Wildman–Crippen MR) is 87.5 cm³/mol. The largest absolute Gasteiger partial charge is 0.376 e. The second-order valence-corrected chi connectivity index (χ2v) is 5.61. The molecule has 120 valence electrons. The molecule has 0 amide bonds. The first-order chi connectivity index (χ1) is 10.2. The number of allylic oxidation sites excluding steroid dienone is 3. The molecule has 1 aliphatic carbocycles. The summed E-state index contributed by atoms with van der Waals surface area (Å²) in [7, 11) is 0.